The van der Waals surface area contributed by atoms with Crippen molar-refractivity contribution in [2.75, 3.05) is 37.7 Å². The van der Waals surface area contributed by atoms with Crippen molar-refractivity contribution >= 4 is 23.3 Å². The number of rotatable bonds is 8. The number of para-hydroxylation sites is 1. The van der Waals surface area contributed by atoms with Crippen LogP contribution >= 0.6 is 0 Å². The van der Waals surface area contributed by atoms with E-state index in [0.717, 1.165) is 5.69 Å². The molecule has 0 atom stereocenters. The van der Waals surface area contributed by atoms with E-state index in [2.05, 4.69) is 0 Å². The third kappa shape index (κ3) is 5.52. The Morgan fingerprint density at radius 3 is 2.35 bits per heavy atom. The first-order valence-electron chi connectivity index (χ1n) is 10.7. The predicted molar refractivity (Wildman–Crippen MR) is 122 cm³/mol. The maximum absolute atomic E-state index is 12.5. The predicted octanol–water partition coefficient (Wildman–Crippen LogP) is 3.27. The van der Waals surface area contributed by atoms with Gasteiger partial charge in [-0.3, -0.25) is 14.9 Å². The molecule has 3 aromatic rings. The Morgan fingerprint density at radius 1 is 0.971 bits per heavy atom. The van der Waals surface area contributed by atoms with Crippen LogP contribution in [0.25, 0.3) is 0 Å². The molecule has 0 unspecified atom stereocenters. The molecule has 176 valence electrons. The van der Waals surface area contributed by atoms with E-state index in [0.29, 0.717) is 37.5 Å². The molecule has 1 saturated heterocycles. The van der Waals surface area contributed by atoms with Gasteiger partial charge in [-0.15, -0.1) is 0 Å². The van der Waals surface area contributed by atoms with Gasteiger partial charge in [0, 0.05) is 49.6 Å². The smallest absolute Gasteiger partial charge is 0.375 e. The molecule has 2 aromatic carbocycles. The highest BCUT2D eigenvalue weighted by molar-refractivity contribution is 5.90. The standard InChI is InChI=1S/C24H23N3O7/c28-22(26-13-11-25(12-14-26)19-6-8-20(9-7-19)27(30)31)17-34-24(29)23-18(10-15-32-23)16-33-21-4-2-1-3-5-21/h1-10,15H,11-14,16-17H2. The van der Waals surface area contributed by atoms with Gasteiger partial charge in [-0.2, -0.15) is 0 Å². The summed E-state index contributed by atoms with van der Waals surface area (Å²) in [6.45, 7) is 1.77. The summed E-state index contributed by atoms with van der Waals surface area (Å²) in [6.07, 6.45) is 1.37. The molecular weight excluding hydrogens is 442 g/mol. The van der Waals surface area contributed by atoms with E-state index in [1.165, 1.54) is 18.4 Å². The number of ether oxygens (including phenoxy) is 2. The first-order chi connectivity index (χ1) is 16.5. The van der Waals surface area contributed by atoms with Crippen molar-refractivity contribution in [1.82, 2.24) is 4.90 Å². The molecule has 34 heavy (non-hydrogen) atoms. The number of non-ortho nitro benzene ring substituents is 1. The van der Waals surface area contributed by atoms with E-state index in [9.17, 15) is 19.7 Å². The van der Waals surface area contributed by atoms with Crippen LogP contribution in [0.3, 0.4) is 0 Å². The lowest BCUT2D eigenvalue weighted by atomic mass is 10.2. The second kappa shape index (κ2) is 10.5. The number of hydrogen-bond acceptors (Lipinski definition) is 8. The fourth-order valence-electron chi connectivity index (χ4n) is 3.59. The molecule has 10 nitrogen and oxygen atoms in total. The summed E-state index contributed by atoms with van der Waals surface area (Å²) in [5.41, 5.74) is 1.41. The van der Waals surface area contributed by atoms with Gasteiger partial charge in [-0.05, 0) is 30.3 Å². The molecule has 1 aliphatic rings. The van der Waals surface area contributed by atoms with E-state index in [-0.39, 0.29) is 24.0 Å². The lowest BCUT2D eigenvalue weighted by Crippen LogP contribution is -2.49. The second-order valence-corrected chi connectivity index (χ2v) is 7.59. The second-order valence-electron chi connectivity index (χ2n) is 7.59. The summed E-state index contributed by atoms with van der Waals surface area (Å²) in [4.78, 5) is 39.0. The van der Waals surface area contributed by atoms with Crippen molar-refractivity contribution in [3.63, 3.8) is 0 Å². The molecule has 1 fully saturated rings. The zero-order valence-corrected chi connectivity index (χ0v) is 18.3. The highest BCUT2D eigenvalue weighted by Crippen LogP contribution is 2.21. The Bertz CT molecular complexity index is 1140. The average Bonchev–Trinajstić information content (AvgIpc) is 3.35. The van der Waals surface area contributed by atoms with Gasteiger partial charge in [0.25, 0.3) is 11.6 Å². The van der Waals surface area contributed by atoms with Crippen LogP contribution in [-0.2, 0) is 16.1 Å². The maximum atomic E-state index is 12.5. The number of anilines is 1. The van der Waals surface area contributed by atoms with Gasteiger partial charge in [0.15, 0.2) is 6.61 Å². The zero-order valence-electron chi connectivity index (χ0n) is 18.3. The number of nitrogens with zero attached hydrogens (tertiary/aromatic N) is 3. The highest BCUT2D eigenvalue weighted by atomic mass is 16.6. The fraction of sp³-hybridized carbons (Fsp3) is 0.250. The number of carbonyl (C=O) groups excluding carboxylic acids is 2. The number of furan rings is 1. The lowest BCUT2D eigenvalue weighted by Gasteiger charge is -2.36. The molecule has 0 bridgehead atoms. The van der Waals surface area contributed by atoms with Crippen molar-refractivity contribution in [1.29, 1.82) is 0 Å². The Kier molecular flexibility index (Phi) is 7.07. The number of amides is 1. The number of carbonyl (C=O) groups is 2. The number of nitro benzene ring substituents is 1. The molecule has 0 aliphatic carbocycles. The van der Waals surface area contributed by atoms with Crippen LogP contribution in [0, 0.1) is 10.1 Å². The van der Waals surface area contributed by atoms with Crippen LogP contribution in [0.2, 0.25) is 0 Å². The fourth-order valence-corrected chi connectivity index (χ4v) is 3.59. The summed E-state index contributed by atoms with van der Waals surface area (Å²) in [7, 11) is 0. The first-order valence-corrected chi connectivity index (χ1v) is 10.7. The number of esters is 1. The van der Waals surface area contributed by atoms with Gasteiger partial charge >= 0.3 is 5.97 Å². The number of nitro groups is 1. The van der Waals surface area contributed by atoms with E-state index in [1.54, 1.807) is 35.2 Å². The van der Waals surface area contributed by atoms with Gasteiger partial charge in [0.2, 0.25) is 5.76 Å². The van der Waals surface area contributed by atoms with E-state index in [1.807, 2.05) is 23.1 Å². The van der Waals surface area contributed by atoms with Crippen LogP contribution in [0.4, 0.5) is 11.4 Å². The molecule has 4 rings (SSSR count). The van der Waals surface area contributed by atoms with Crippen molar-refractivity contribution < 1.29 is 28.4 Å². The lowest BCUT2D eigenvalue weighted by molar-refractivity contribution is -0.384. The molecule has 1 aromatic heterocycles. The first kappa shape index (κ1) is 22.8. The molecule has 10 heteroatoms. The van der Waals surface area contributed by atoms with Crippen molar-refractivity contribution in [3.05, 3.63) is 88.4 Å². The van der Waals surface area contributed by atoms with E-state index < -0.39 is 17.5 Å². The van der Waals surface area contributed by atoms with Gasteiger partial charge < -0.3 is 23.7 Å². The summed E-state index contributed by atoms with van der Waals surface area (Å²) in [5.74, 6) is -0.363. The van der Waals surface area contributed by atoms with Gasteiger partial charge in [-0.1, -0.05) is 18.2 Å². The van der Waals surface area contributed by atoms with Crippen LogP contribution in [0.5, 0.6) is 5.75 Å². The van der Waals surface area contributed by atoms with Crippen LogP contribution in [0.15, 0.2) is 71.3 Å². The molecule has 0 saturated carbocycles. The monoisotopic (exact) mass is 465 g/mol. The highest BCUT2D eigenvalue weighted by Gasteiger charge is 2.24. The normalized spacial score (nSPS) is 13.4. The Labute approximate surface area is 195 Å². The largest absolute Gasteiger partial charge is 0.489 e. The number of benzene rings is 2. The SMILES string of the molecule is O=C(OCC(=O)N1CCN(c2ccc([N+](=O)[O-])cc2)CC1)c1occc1COc1ccccc1. The summed E-state index contributed by atoms with van der Waals surface area (Å²) < 4.78 is 16.1. The quantitative estimate of drug-likeness (QED) is 0.283. The minimum atomic E-state index is -0.727. The molecule has 1 aliphatic heterocycles. The summed E-state index contributed by atoms with van der Waals surface area (Å²) >= 11 is 0. The Morgan fingerprint density at radius 2 is 1.68 bits per heavy atom. The molecule has 0 spiro atoms. The van der Waals surface area contributed by atoms with Gasteiger partial charge in [-0.25, -0.2) is 4.79 Å². The van der Waals surface area contributed by atoms with Gasteiger partial charge in [0.05, 0.1) is 11.2 Å². The Balaban J connectivity index is 1.24. The summed E-state index contributed by atoms with van der Waals surface area (Å²) in [6, 6.07) is 17.1. The molecular formula is C24H23N3O7. The number of piperazine rings is 1. The molecule has 2 heterocycles. The van der Waals surface area contributed by atoms with Crippen LogP contribution in [0.1, 0.15) is 16.1 Å². The van der Waals surface area contributed by atoms with E-state index in [4.69, 9.17) is 13.9 Å². The zero-order chi connectivity index (χ0) is 23.9. The third-order valence-electron chi connectivity index (χ3n) is 5.45. The minimum Gasteiger partial charge on any atom is -0.489 e. The maximum Gasteiger partial charge on any atom is 0.375 e. The van der Waals surface area contributed by atoms with Crippen LogP contribution in [-0.4, -0.2) is 54.5 Å². The number of hydrogen-bond donors (Lipinski definition) is 0. The Hall–Kier alpha value is -4.34. The molecule has 0 N–H and O–H groups in total. The van der Waals surface area contributed by atoms with Gasteiger partial charge in [0.1, 0.15) is 12.4 Å². The van der Waals surface area contributed by atoms with Crippen LogP contribution < -0.4 is 9.64 Å². The topological polar surface area (TPSA) is 115 Å². The third-order valence-corrected chi connectivity index (χ3v) is 5.45. The summed E-state index contributed by atoms with van der Waals surface area (Å²) in [5, 5.41) is 10.8. The van der Waals surface area contributed by atoms with Crippen molar-refractivity contribution in [2.24, 2.45) is 0 Å². The van der Waals surface area contributed by atoms with Crippen molar-refractivity contribution in [3.8, 4) is 5.75 Å². The minimum absolute atomic E-state index is 0.00622. The van der Waals surface area contributed by atoms with E-state index >= 15 is 0 Å². The molecule has 0 radical (unpaired) electrons. The molecule has 1 amide bonds. The van der Waals surface area contributed by atoms with Crippen molar-refractivity contribution in [2.45, 2.75) is 6.61 Å². The average molecular weight is 465 g/mol.